The lowest BCUT2D eigenvalue weighted by molar-refractivity contribution is -0.118. The summed E-state index contributed by atoms with van der Waals surface area (Å²) in [4.78, 5) is 12.1. The van der Waals surface area contributed by atoms with E-state index in [1.807, 2.05) is 78.9 Å². The molecule has 0 saturated heterocycles. The molecule has 0 radical (unpaired) electrons. The Labute approximate surface area is 204 Å². The molecule has 0 unspecified atom stereocenters. The third-order valence-electron chi connectivity index (χ3n) is 4.33. The molecule has 4 rings (SSSR count). The predicted octanol–water partition coefficient (Wildman–Crippen LogP) is 5.68. The van der Waals surface area contributed by atoms with Crippen LogP contribution in [-0.2, 0) is 11.4 Å². The highest BCUT2D eigenvalue weighted by molar-refractivity contribution is 8.01. The first-order valence-corrected chi connectivity index (χ1v) is 12.1. The molecule has 4 aromatic rings. The number of carbonyl (C=O) groups excluding carboxylic acids is 1. The normalized spacial score (nSPS) is 10.9. The molecule has 0 fully saturated rings. The Morgan fingerprint density at radius 2 is 1.88 bits per heavy atom. The first-order chi connectivity index (χ1) is 16.2. The van der Waals surface area contributed by atoms with Crippen molar-refractivity contribution in [3.05, 3.63) is 95.0 Å². The zero-order valence-corrected chi connectivity index (χ0v) is 19.7. The van der Waals surface area contributed by atoms with Crippen LogP contribution in [0.1, 0.15) is 11.1 Å². The van der Waals surface area contributed by atoms with Crippen LogP contribution in [-0.4, -0.2) is 28.1 Å². The van der Waals surface area contributed by atoms with Crippen molar-refractivity contribution in [2.24, 2.45) is 5.10 Å². The van der Waals surface area contributed by atoms with Gasteiger partial charge in [0.1, 0.15) is 17.4 Å². The van der Waals surface area contributed by atoms with Crippen LogP contribution in [0.15, 0.2) is 88.3 Å². The Kier molecular flexibility index (Phi) is 8.08. The molecule has 3 aromatic carbocycles. The van der Waals surface area contributed by atoms with Crippen LogP contribution in [0, 0.1) is 0 Å². The van der Waals surface area contributed by atoms with Crippen molar-refractivity contribution in [3.8, 4) is 16.3 Å². The second kappa shape index (κ2) is 11.6. The molecule has 6 nitrogen and oxygen atoms in total. The van der Waals surface area contributed by atoms with Gasteiger partial charge in [-0.25, -0.2) is 5.43 Å². The Balaban J connectivity index is 1.23. The first-order valence-electron chi connectivity index (χ1n) is 9.97. The molecule has 166 valence electrons. The highest BCUT2D eigenvalue weighted by Gasteiger charge is 2.09. The zero-order valence-electron chi connectivity index (χ0n) is 17.3. The second-order valence-electron chi connectivity index (χ2n) is 6.81. The van der Waals surface area contributed by atoms with E-state index in [9.17, 15) is 4.79 Å². The van der Waals surface area contributed by atoms with Gasteiger partial charge in [0.15, 0.2) is 4.34 Å². The summed E-state index contributed by atoms with van der Waals surface area (Å²) in [6.45, 7) is 0.434. The summed E-state index contributed by atoms with van der Waals surface area (Å²) in [5.74, 6) is 0.689. The second-order valence-corrected chi connectivity index (χ2v) is 9.45. The molecule has 0 aliphatic heterocycles. The monoisotopic (exact) mass is 494 g/mol. The SMILES string of the molecule is O=C(CSc1nnc(-c2ccccc2)s1)NN=Cc1cccc(OCc2ccc(Cl)cc2)c1. The zero-order chi connectivity index (χ0) is 22.9. The first kappa shape index (κ1) is 23.0. The predicted molar refractivity (Wildman–Crippen MR) is 134 cm³/mol. The van der Waals surface area contributed by atoms with E-state index >= 15 is 0 Å². The minimum absolute atomic E-state index is 0.199. The van der Waals surface area contributed by atoms with Crippen molar-refractivity contribution in [1.82, 2.24) is 15.6 Å². The maximum atomic E-state index is 12.1. The summed E-state index contributed by atoms with van der Waals surface area (Å²) in [6, 6.07) is 24.8. The number of hydrogen-bond acceptors (Lipinski definition) is 7. The van der Waals surface area contributed by atoms with Gasteiger partial charge < -0.3 is 4.74 Å². The fourth-order valence-electron chi connectivity index (χ4n) is 2.74. The number of benzene rings is 3. The van der Waals surface area contributed by atoms with Crippen molar-refractivity contribution in [3.63, 3.8) is 0 Å². The van der Waals surface area contributed by atoms with Gasteiger partial charge in [-0.1, -0.05) is 89.3 Å². The van der Waals surface area contributed by atoms with Crippen molar-refractivity contribution in [1.29, 1.82) is 0 Å². The summed E-state index contributed by atoms with van der Waals surface area (Å²) >= 11 is 8.69. The largest absolute Gasteiger partial charge is 0.489 e. The average molecular weight is 495 g/mol. The van der Waals surface area contributed by atoms with Gasteiger partial charge in [0.2, 0.25) is 0 Å². The summed E-state index contributed by atoms with van der Waals surface area (Å²) in [5.41, 5.74) is 5.38. The standard InChI is InChI=1S/C24H19ClN4O2S2/c25-20-11-9-17(10-12-20)15-31-21-8-4-5-18(13-21)14-26-27-22(30)16-32-24-29-28-23(33-24)19-6-2-1-3-7-19/h1-14H,15-16H2,(H,27,30). The summed E-state index contributed by atoms with van der Waals surface area (Å²) in [6.07, 6.45) is 1.58. The fraction of sp³-hybridized carbons (Fsp3) is 0.0833. The van der Waals surface area contributed by atoms with Crippen LogP contribution in [0.5, 0.6) is 5.75 Å². The van der Waals surface area contributed by atoms with Crippen molar-refractivity contribution in [2.75, 3.05) is 5.75 Å². The lowest BCUT2D eigenvalue weighted by Crippen LogP contribution is -2.19. The van der Waals surface area contributed by atoms with E-state index < -0.39 is 0 Å². The molecule has 1 N–H and O–H groups in total. The number of hydrazone groups is 1. The molecular weight excluding hydrogens is 476 g/mol. The average Bonchev–Trinajstić information content (AvgIpc) is 3.32. The number of carbonyl (C=O) groups is 1. The van der Waals surface area contributed by atoms with Crippen LogP contribution in [0.4, 0.5) is 0 Å². The quantitative estimate of drug-likeness (QED) is 0.184. The molecule has 1 aromatic heterocycles. The molecule has 1 heterocycles. The molecule has 0 saturated carbocycles. The molecule has 0 bridgehead atoms. The molecule has 9 heteroatoms. The van der Waals surface area contributed by atoms with E-state index in [-0.39, 0.29) is 11.7 Å². The van der Waals surface area contributed by atoms with Gasteiger partial charge in [0.05, 0.1) is 12.0 Å². The van der Waals surface area contributed by atoms with Gasteiger partial charge in [-0.3, -0.25) is 4.79 Å². The molecule has 0 aliphatic rings. The fourth-order valence-corrected chi connectivity index (χ4v) is 4.51. The Morgan fingerprint density at radius 3 is 2.70 bits per heavy atom. The van der Waals surface area contributed by atoms with Crippen LogP contribution >= 0.6 is 34.7 Å². The highest BCUT2D eigenvalue weighted by atomic mass is 35.5. The Bertz CT molecular complexity index is 1230. The van der Waals surface area contributed by atoms with Crippen LogP contribution in [0.25, 0.3) is 10.6 Å². The highest BCUT2D eigenvalue weighted by Crippen LogP contribution is 2.28. The van der Waals surface area contributed by atoms with E-state index in [1.165, 1.54) is 23.1 Å². The topological polar surface area (TPSA) is 76.5 Å². The smallest absolute Gasteiger partial charge is 0.250 e. The number of amides is 1. The van der Waals surface area contributed by atoms with Gasteiger partial charge in [0, 0.05) is 10.6 Å². The number of halogens is 1. The van der Waals surface area contributed by atoms with Crippen LogP contribution in [0.2, 0.25) is 5.02 Å². The van der Waals surface area contributed by atoms with Gasteiger partial charge in [-0.2, -0.15) is 5.10 Å². The molecule has 1 amide bonds. The van der Waals surface area contributed by atoms with Gasteiger partial charge in [-0.05, 0) is 35.4 Å². The number of ether oxygens (including phenoxy) is 1. The van der Waals surface area contributed by atoms with Crippen molar-refractivity contribution in [2.45, 2.75) is 10.9 Å². The van der Waals surface area contributed by atoms with Crippen molar-refractivity contribution < 1.29 is 9.53 Å². The third-order valence-corrected chi connectivity index (χ3v) is 6.69. The summed E-state index contributed by atoms with van der Waals surface area (Å²) < 4.78 is 6.55. The Morgan fingerprint density at radius 1 is 1.06 bits per heavy atom. The van der Waals surface area contributed by atoms with E-state index in [2.05, 4.69) is 20.7 Å². The van der Waals surface area contributed by atoms with Crippen LogP contribution in [0.3, 0.4) is 0 Å². The summed E-state index contributed by atoms with van der Waals surface area (Å²) in [7, 11) is 0. The number of thioether (sulfide) groups is 1. The third kappa shape index (κ3) is 7.15. The van der Waals surface area contributed by atoms with Crippen LogP contribution < -0.4 is 10.2 Å². The number of aromatic nitrogens is 2. The molecular formula is C24H19ClN4O2S2. The lowest BCUT2D eigenvalue weighted by atomic mass is 10.2. The van der Waals surface area contributed by atoms with Gasteiger partial charge >= 0.3 is 0 Å². The summed E-state index contributed by atoms with van der Waals surface area (Å²) in [5, 5.41) is 13.9. The maximum Gasteiger partial charge on any atom is 0.250 e. The minimum Gasteiger partial charge on any atom is -0.489 e. The molecule has 33 heavy (non-hydrogen) atoms. The van der Waals surface area contributed by atoms with E-state index in [0.29, 0.717) is 17.4 Å². The minimum atomic E-state index is -0.220. The lowest BCUT2D eigenvalue weighted by Gasteiger charge is -2.07. The number of hydrogen-bond donors (Lipinski definition) is 1. The van der Waals surface area contributed by atoms with Gasteiger partial charge in [-0.15, -0.1) is 10.2 Å². The van der Waals surface area contributed by atoms with E-state index in [0.717, 1.165) is 26.0 Å². The number of nitrogens with zero attached hydrogens (tertiary/aromatic N) is 3. The molecule has 0 aliphatic carbocycles. The van der Waals surface area contributed by atoms with Crippen molar-refractivity contribution >= 4 is 46.8 Å². The molecule has 0 atom stereocenters. The molecule has 0 spiro atoms. The van der Waals surface area contributed by atoms with E-state index in [4.69, 9.17) is 16.3 Å². The number of nitrogens with one attached hydrogen (secondary N) is 1. The number of rotatable bonds is 9. The van der Waals surface area contributed by atoms with E-state index in [1.54, 1.807) is 6.21 Å². The maximum absolute atomic E-state index is 12.1. The Hall–Kier alpha value is -3.20. The van der Waals surface area contributed by atoms with Gasteiger partial charge in [0.25, 0.3) is 5.91 Å².